The molecule has 0 aliphatic carbocycles. The van der Waals surface area contributed by atoms with Gasteiger partial charge in [0, 0.05) is 28.0 Å². The van der Waals surface area contributed by atoms with E-state index >= 15 is 0 Å². The van der Waals surface area contributed by atoms with Crippen LogP contribution in [0, 0.1) is 6.92 Å². The minimum Gasteiger partial charge on any atom is -0.359 e. The van der Waals surface area contributed by atoms with Crippen molar-refractivity contribution in [2.45, 2.75) is 20.8 Å². The van der Waals surface area contributed by atoms with Gasteiger partial charge in [-0.3, -0.25) is 4.79 Å². The van der Waals surface area contributed by atoms with E-state index in [0.29, 0.717) is 0 Å². The van der Waals surface area contributed by atoms with Gasteiger partial charge in [0.1, 0.15) is 0 Å². The van der Waals surface area contributed by atoms with Crippen molar-refractivity contribution in [1.82, 2.24) is 4.98 Å². The van der Waals surface area contributed by atoms with E-state index in [1.165, 1.54) is 0 Å². The molecule has 0 spiro atoms. The highest BCUT2D eigenvalue weighted by Crippen LogP contribution is 2.24. The van der Waals surface area contributed by atoms with E-state index in [2.05, 4.69) is 16.4 Å². The standard InChI is InChI=1S/C14H16N2O/c1-9(7-11(3)17)15-13-5-4-6-14-12(13)8-10(2)16-14/h4-8,15-16H,1-3H3/b9-7+. The molecule has 0 unspecified atom stereocenters. The molecule has 1 aromatic heterocycles. The first kappa shape index (κ1) is 11.5. The summed E-state index contributed by atoms with van der Waals surface area (Å²) in [6.45, 7) is 5.47. The van der Waals surface area contributed by atoms with E-state index in [1.807, 2.05) is 32.0 Å². The topological polar surface area (TPSA) is 44.9 Å². The molecule has 17 heavy (non-hydrogen) atoms. The first-order valence-corrected chi connectivity index (χ1v) is 5.60. The summed E-state index contributed by atoms with van der Waals surface area (Å²) >= 11 is 0. The van der Waals surface area contributed by atoms with Crippen molar-refractivity contribution in [2.75, 3.05) is 5.32 Å². The first-order chi connectivity index (χ1) is 8.06. The zero-order valence-corrected chi connectivity index (χ0v) is 10.3. The van der Waals surface area contributed by atoms with Crippen molar-refractivity contribution in [3.63, 3.8) is 0 Å². The van der Waals surface area contributed by atoms with Crippen LogP contribution in [0.2, 0.25) is 0 Å². The van der Waals surface area contributed by atoms with Crippen LogP contribution in [0.3, 0.4) is 0 Å². The third-order valence-electron chi connectivity index (χ3n) is 2.55. The van der Waals surface area contributed by atoms with E-state index in [1.54, 1.807) is 13.0 Å². The number of H-pyrrole nitrogens is 1. The van der Waals surface area contributed by atoms with Gasteiger partial charge in [-0.05, 0) is 45.0 Å². The van der Waals surface area contributed by atoms with Gasteiger partial charge in [0.15, 0.2) is 5.78 Å². The molecule has 0 aliphatic heterocycles. The van der Waals surface area contributed by atoms with Gasteiger partial charge in [-0.25, -0.2) is 0 Å². The Morgan fingerprint density at radius 3 is 2.82 bits per heavy atom. The van der Waals surface area contributed by atoms with Gasteiger partial charge in [-0.2, -0.15) is 0 Å². The highest BCUT2D eigenvalue weighted by molar-refractivity contribution is 5.94. The molecule has 1 aromatic carbocycles. The van der Waals surface area contributed by atoms with E-state index < -0.39 is 0 Å². The lowest BCUT2D eigenvalue weighted by molar-refractivity contribution is -0.112. The fraction of sp³-hybridized carbons (Fsp3) is 0.214. The number of hydrogen-bond donors (Lipinski definition) is 2. The molecule has 0 amide bonds. The smallest absolute Gasteiger partial charge is 0.154 e. The van der Waals surface area contributed by atoms with Crippen molar-refractivity contribution < 1.29 is 4.79 Å². The zero-order valence-electron chi connectivity index (χ0n) is 10.3. The van der Waals surface area contributed by atoms with Crippen molar-refractivity contribution >= 4 is 22.4 Å². The number of carbonyl (C=O) groups is 1. The minimum atomic E-state index is 0.0485. The number of rotatable bonds is 3. The van der Waals surface area contributed by atoms with Crippen molar-refractivity contribution in [1.29, 1.82) is 0 Å². The molecule has 3 heteroatoms. The van der Waals surface area contributed by atoms with Gasteiger partial charge in [0.2, 0.25) is 0 Å². The lowest BCUT2D eigenvalue weighted by Gasteiger charge is -2.07. The molecule has 0 saturated carbocycles. The van der Waals surface area contributed by atoms with Crippen LogP contribution >= 0.6 is 0 Å². The number of ketones is 1. The van der Waals surface area contributed by atoms with Gasteiger partial charge in [-0.1, -0.05) is 6.07 Å². The van der Waals surface area contributed by atoms with Crippen LogP contribution < -0.4 is 5.32 Å². The summed E-state index contributed by atoms with van der Waals surface area (Å²) in [5, 5.41) is 4.39. The number of aromatic amines is 1. The molecule has 2 N–H and O–H groups in total. The summed E-state index contributed by atoms with van der Waals surface area (Å²) in [7, 11) is 0. The molecule has 88 valence electrons. The summed E-state index contributed by atoms with van der Waals surface area (Å²) in [6, 6.07) is 8.13. The molecule has 0 atom stereocenters. The van der Waals surface area contributed by atoms with E-state index in [9.17, 15) is 4.79 Å². The van der Waals surface area contributed by atoms with Crippen molar-refractivity contribution in [3.8, 4) is 0 Å². The number of nitrogens with one attached hydrogen (secondary N) is 2. The van der Waals surface area contributed by atoms with Crippen LogP contribution in [0.1, 0.15) is 19.5 Å². The summed E-state index contributed by atoms with van der Waals surface area (Å²) < 4.78 is 0. The molecular weight excluding hydrogens is 212 g/mol. The highest BCUT2D eigenvalue weighted by atomic mass is 16.1. The van der Waals surface area contributed by atoms with Crippen LogP contribution in [0.25, 0.3) is 10.9 Å². The zero-order chi connectivity index (χ0) is 12.4. The molecule has 0 radical (unpaired) electrons. The quantitative estimate of drug-likeness (QED) is 0.791. The monoisotopic (exact) mass is 228 g/mol. The maximum atomic E-state index is 11.0. The molecule has 1 heterocycles. The second-order valence-electron chi connectivity index (χ2n) is 4.28. The van der Waals surface area contributed by atoms with Gasteiger partial charge in [0.05, 0.1) is 0 Å². The van der Waals surface area contributed by atoms with Gasteiger partial charge >= 0.3 is 0 Å². The number of aromatic nitrogens is 1. The number of carbonyl (C=O) groups excluding carboxylic acids is 1. The normalized spacial score (nSPS) is 11.8. The SMILES string of the molecule is CC(=O)/C=C(\C)Nc1cccc2[nH]c(C)cc12. The number of allylic oxidation sites excluding steroid dienone is 2. The summed E-state index contributed by atoms with van der Waals surface area (Å²) in [5.41, 5.74) is 4.09. The fourth-order valence-corrected chi connectivity index (χ4v) is 1.96. The van der Waals surface area contributed by atoms with E-state index in [4.69, 9.17) is 0 Å². The Bertz CT molecular complexity index is 593. The largest absolute Gasteiger partial charge is 0.359 e. The average Bonchev–Trinajstić information content (AvgIpc) is 2.58. The summed E-state index contributed by atoms with van der Waals surface area (Å²) in [5.74, 6) is 0.0485. The van der Waals surface area contributed by atoms with Gasteiger partial charge in [-0.15, -0.1) is 0 Å². The van der Waals surface area contributed by atoms with Gasteiger partial charge < -0.3 is 10.3 Å². The molecule has 2 rings (SSSR count). The number of aryl methyl sites for hydroxylation is 1. The Labute approximate surface area is 101 Å². The third-order valence-corrected chi connectivity index (χ3v) is 2.55. The summed E-state index contributed by atoms with van der Waals surface area (Å²) in [6.07, 6.45) is 1.60. The molecule has 0 aliphatic rings. The summed E-state index contributed by atoms with van der Waals surface area (Å²) in [4.78, 5) is 14.3. The fourth-order valence-electron chi connectivity index (χ4n) is 1.96. The average molecular weight is 228 g/mol. The lowest BCUT2D eigenvalue weighted by atomic mass is 10.2. The first-order valence-electron chi connectivity index (χ1n) is 5.60. The van der Waals surface area contributed by atoms with Crippen LogP contribution in [0.15, 0.2) is 36.0 Å². The molecule has 0 saturated heterocycles. The molecule has 0 bridgehead atoms. The Morgan fingerprint density at radius 1 is 1.35 bits per heavy atom. The molecule has 0 fully saturated rings. The van der Waals surface area contributed by atoms with Gasteiger partial charge in [0.25, 0.3) is 0 Å². The predicted octanol–water partition coefficient (Wildman–Crippen LogP) is 3.38. The maximum Gasteiger partial charge on any atom is 0.154 e. The second kappa shape index (κ2) is 4.45. The lowest BCUT2D eigenvalue weighted by Crippen LogP contribution is -1.98. The second-order valence-corrected chi connectivity index (χ2v) is 4.28. The van der Waals surface area contributed by atoms with Crippen LogP contribution in [0.5, 0.6) is 0 Å². The Hall–Kier alpha value is -2.03. The van der Waals surface area contributed by atoms with E-state index in [0.717, 1.165) is 28.0 Å². The van der Waals surface area contributed by atoms with E-state index in [-0.39, 0.29) is 5.78 Å². The Kier molecular flexibility index (Phi) is 3.00. The van der Waals surface area contributed by atoms with Crippen molar-refractivity contribution in [3.05, 3.63) is 41.7 Å². The Balaban J connectivity index is 2.39. The molecule has 2 aromatic rings. The molecular formula is C14H16N2O. The highest BCUT2D eigenvalue weighted by Gasteiger charge is 2.03. The number of anilines is 1. The number of hydrogen-bond acceptors (Lipinski definition) is 2. The third kappa shape index (κ3) is 2.56. The minimum absolute atomic E-state index is 0.0485. The maximum absolute atomic E-state index is 11.0. The van der Waals surface area contributed by atoms with Crippen molar-refractivity contribution in [2.24, 2.45) is 0 Å². The predicted molar refractivity (Wildman–Crippen MR) is 71.1 cm³/mol. The van der Waals surface area contributed by atoms with Crippen LogP contribution in [0.4, 0.5) is 5.69 Å². The number of benzene rings is 1. The Morgan fingerprint density at radius 2 is 2.12 bits per heavy atom. The van der Waals surface area contributed by atoms with Crippen LogP contribution in [-0.4, -0.2) is 10.8 Å². The van der Waals surface area contributed by atoms with Crippen LogP contribution in [-0.2, 0) is 4.79 Å². The molecule has 3 nitrogen and oxygen atoms in total. The number of fused-ring (bicyclic) bond motifs is 1.